The molecule has 1 heterocycles. The van der Waals surface area contributed by atoms with Crippen LogP contribution in [0.2, 0.25) is 0 Å². The van der Waals surface area contributed by atoms with Gasteiger partial charge in [-0.2, -0.15) is 0 Å². The van der Waals surface area contributed by atoms with Crippen LogP contribution in [0, 0.1) is 0 Å². The van der Waals surface area contributed by atoms with E-state index < -0.39 is 0 Å². The summed E-state index contributed by atoms with van der Waals surface area (Å²) in [5.74, 6) is 0. The van der Waals surface area contributed by atoms with Crippen LogP contribution in [-0.4, -0.2) is 30.7 Å². The molecule has 14 heavy (non-hydrogen) atoms. The van der Waals surface area contributed by atoms with Gasteiger partial charge < -0.3 is 9.64 Å². The summed E-state index contributed by atoms with van der Waals surface area (Å²) < 4.78 is 5.50. The normalized spacial score (nSPS) is 24.3. The first-order valence-electron chi connectivity index (χ1n) is 5.10. The van der Waals surface area contributed by atoms with Crippen molar-refractivity contribution in [3.8, 4) is 0 Å². The largest absolute Gasteiger partial charge is 0.375 e. The smallest absolute Gasteiger partial charge is 0.0722 e. The molecule has 1 unspecified atom stereocenters. The first kappa shape index (κ1) is 11.1. The van der Waals surface area contributed by atoms with E-state index in [0.29, 0.717) is 6.10 Å². The van der Waals surface area contributed by atoms with Gasteiger partial charge in [0.25, 0.3) is 0 Å². The van der Waals surface area contributed by atoms with E-state index in [4.69, 9.17) is 4.74 Å². The second kappa shape index (κ2) is 5.66. The van der Waals surface area contributed by atoms with Gasteiger partial charge in [-0.05, 0) is 26.0 Å². The molecule has 1 aliphatic heterocycles. The van der Waals surface area contributed by atoms with Crippen molar-refractivity contribution >= 4 is 0 Å². The van der Waals surface area contributed by atoms with Crippen LogP contribution < -0.4 is 0 Å². The molecule has 0 saturated carbocycles. The average molecular weight is 193 g/mol. The molecule has 0 aromatic rings. The molecular formula is C12H19NO. The standard InChI is InChI=1S/C12H19NO/c1-4-6-12(7-5-2)13-8-9-14-11(3)10-13/h4-7,11H,1,8-10H2,2-3H3. The van der Waals surface area contributed by atoms with Crippen molar-refractivity contribution in [2.45, 2.75) is 20.0 Å². The molecule has 0 aromatic heterocycles. The van der Waals surface area contributed by atoms with E-state index in [0.717, 1.165) is 19.7 Å². The van der Waals surface area contributed by atoms with E-state index in [9.17, 15) is 0 Å². The molecule has 1 aliphatic rings. The molecule has 0 radical (unpaired) electrons. The number of ether oxygens (including phenoxy) is 1. The summed E-state index contributed by atoms with van der Waals surface area (Å²) in [5.41, 5.74) is 1.22. The van der Waals surface area contributed by atoms with Crippen LogP contribution >= 0.6 is 0 Å². The van der Waals surface area contributed by atoms with Gasteiger partial charge >= 0.3 is 0 Å². The fraction of sp³-hybridized carbons (Fsp3) is 0.500. The Balaban J connectivity index is 2.67. The summed E-state index contributed by atoms with van der Waals surface area (Å²) in [5, 5.41) is 0. The third-order valence-corrected chi connectivity index (χ3v) is 2.23. The maximum atomic E-state index is 5.50. The summed E-state index contributed by atoms with van der Waals surface area (Å²) >= 11 is 0. The van der Waals surface area contributed by atoms with Gasteiger partial charge in [0.1, 0.15) is 0 Å². The lowest BCUT2D eigenvalue weighted by Gasteiger charge is -2.33. The minimum absolute atomic E-state index is 0.322. The molecule has 1 rings (SSSR count). The number of allylic oxidation sites excluding steroid dienone is 4. The Morgan fingerprint density at radius 1 is 1.57 bits per heavy atom. The van der Waals surface area contributed by atoms with Gasteiger partial charge in [-0.15, -0.1) is 0 Å². The summed E-state index contributed by atoms with van der Waals surface area (Å²) in [6.45, 7) is 10.6. The monoisotopic (exact) mass is 193 g/mol. The van der Waals surface area contributed by atoms with E-state index in [1.54, 1.807) is 0 Å². The Bertz CT molecular complexity index is 243. The highest BCUT2D eigenvalue weighted by molar-refractivity contribution is 5.22. The van der Waals surface area contributed by atoms with Crippen LogP contribution in [0.3, 0.4) is 0 Å². The maximum Gasteiger partial charge on any atom is 0.0722 e. The lowest BCUT2D eigenvalue weighted by atomic mass is 10.2. The third-order valence-electron chi connectivity index (χ3n) is 2.23. The van der Waals surface area contributed by atoms with Crippen molar-refractivity contribution in [2.24, 2.45) is 0 Å². The summed E-state index contributed by atoms with van der Waals surface area (Å²) in [7, 11) is 0. The summed E-state index contributed by atoms with van der Waals surface area (Å²) in [6, 6.07) is 0. The predicted molar refractivity (Wildman–Crippen MR) is 60.1 cm³/mol. The third kappa shape index (κ3) is 3.04. The molecule has 1 saturated heterocycles. The average Bonchev–Trinajstić information content (AvgIpc) is 2.17. The highest BCUT2D eigenvalue weighted by Gasteiger charge is 2.16. The number of nitrogens with zero attached hydrogens (tertiary/aromatic N) is 1. The van der Waals surface area contributed by atoms with Crippen molar-refractivity contribution in [3.05, 3.63) is 36.6 Å². The SMILES string of the molecule is C=CC=C(C=CC)N1CCOC(C)C1. The van der Waals surface area contributed by atoms with Crippen LogP contribution in [0.15, 0.2) is 36.6 Å². The second-order valence-corrected chi connectivity index (χ2v) is 3.45. The Morgan fingerprint density at radius 3 is 2.93 bits per heavy atom. The summed E-state index contributed by atoms with van der Waals surface area (Å²) in [6.07, 6.45) is 8.35. The Labute approximate surface area is 86.6 Å². The molecule has 0 bridgehead atoms. The van der Waals surface area contributed by atoms with E-state index in [1.807, 2.05) is 19.1 Å². The minimum Gasteiger partial charge on any atom is -0.375 e. The van der Waals surface area contributed by atoms with Crippen LogP contribution in [-0.2, 0) is 4.74 Å². The topological polar surface area (TPSA) is 12.5 Å². The predicted octanol–water partition coefficient (Wildman–Crippen LogP) is 2.35. The second-order valence-electron chi connectivity index (χ2n) is 3.45. The van der Waals surface area contributed by atoms with Crippen LogP contribution in [0.5, 0.6) is 0 Å². The fourth-order valence-corrected chi connectivity index (χ4v) is 1.61. The van der Waals surface area contributed by atoms with E-state index in [1.165, 1.54) is 5.70 Å². The number of rotatable bonds is 3. The van der Waals surface area contributed by atoms with Crippen molar-refractivity contribution < 1.29 is 4.74 Å². The Morgan fingerprint density at radius 2 is 2.36 bits per heavy atom. The molecule has 0 aromatic carbocycles. The van der Waals surface area contributed by atoms with Crippen LogP contribution in [0.25, 0.3) is 0 Å². The molecular weight excluding hydrogens is 174 g/mol. The fourth-order valence-electron chi connectivity index (χ4n) is 1.61. The van der Waals surface area contributed by atoms with Crippen molar-refractivity contribution in [3.63, 3.8) is 0 Å². The van der Waals surface area contributed by atoms with Gasteiger partial charge in [-0.3, -0.25) is 0 Å². The van der Waals surface area contributed by atoms with Crippen molar-refractivity contribution in [1.29, 1.82) is 0 Å². The molecule has 0 amide bonds. The van der Waals surface area contributed by atoms with Crippen molar-refractivity contribution in [1.82, 2.24) is 4.90 Å². The Kier molecular flexibility index (Phi) is 4.47. The van der Waals surface area contributed by atoms with E-state index in [-0.39, 0.29) is 0 Å². The lowest BCUT2D eigenvalue weighted by molar-refractivity contribution is -0.00446. The number of hydrogen-bond acceptors (Lipinski definition) is 2. The van der Waals surface area contributed by atoms with Crippen molar-refractivity contribution in [2.75, 3.05) is 19.7 Å². The molecule has 0 spiro atoms. The molecule has 1 fully saturated rings. The number of morpholine rings is 1. The molecule has 2 heteroatoms. The van der Waals surface area contributed by atoms with Gasteiger partial charge in [0, 0.05) is 18.8 Å². The molecule has 78 valence electrons. The zero-order valence-corrected chi connectivity index (χ0v) is 9.07. The zero-order valence-electron chi connectivity index (χ0n) is 9.07. The molecule has 1 atom stereocenters. The lowest BCUT2D eigenvalue weighted by Crippen LogP contribution is -2.40. The van der Waals surface area contributed by atoms with E-state index in [2.05, 4.69) is 30.6 Å². The highest BCUT2D eigenvalue weighted by Crippen LogP contribution is 2.12. The Hall–Kier alpha value is -1.02. The first-order valence-corrected chi connectivity index (χ1v) is 5.10. The van der Waals surface area contributed by atoms with E-state index >= 15 is 0 Å². The molecule has 2 nitrogen and oxygen atoms in total. The minimum atomic E-state index is 0.322. The molecule has 0 N–H and O–H groups in total. The van der Waals surface area contributed by atoms with Crippen LogP contribution in [0.4, 0.5) is 0 Å². The van der Waals surface area contributed by atoms with Gasteiger partial charge in [-0.25, -0.2) is 0 Å². The molecule has 0 aliphatic carbocycles. The number of hydrogen-bond donors (Lipinski definition) is 0. The van der Waals surface area contributed by atoms with Crippen LogP contribution in [0.1, 0.15) is 13.8 Å². The quantitative estimate of drug-likeness (QED) is 0.638. The maximum absolute atomic E-state index is 5.50. The first-order chi connectivity index (χ1) is 6.77. The van der Waals surface area contributed by atoms with Gasteiger partial charge in [0.15, 0.2) is 0 Å². The highest BCUT2D eigenvalue weighted by atomic mass is 16.5. The van der Waals surface area contributed by atoms with Gasteiger partial charge in [0.05, 0.1) is 12.7 Å². The zero-order chi connectivity index (χ0) is 10.4. The van der Waals surface area contributed by atoms with Gasteiger partial charge in [-0.1, -0.05) is 18.7 Å². The van der Waals surface area contributed by atoms with Gasteiger partial charge in [0.2, 0.25) is 0 Å². The summed E-state index contributed by atoms with van der Waals surface area (Å²) in [4.78, 5) is 2.33.